The lowest BCUT2D eigenvalue weighted by atomic mass is 9.82. The van der Waals surface area contributed by atoms with Crippen molar-refractivity contribution in [2.24, 2.45) is 0 Å². The number of sulfonamides is 1. The summed E-state index contributed by atoms with van der Waals surface area (Å²) in [5, 5.41) is 3.03. The van der Waals surface area contributed by atoms with Crippen molar-refractivity contribution in [3.8, 4) is 17.2 Å². The molecule has 17 heteroatoms. The van der Waals surface area contributed by atoms with Crippen molar-refractivity contribution in [3.63, 3.8) is 0 Å². The van der Waals surface area contributed by atoms with Gasteiger partial charge in [0.25, 0.3) is 15.9 Å². The summed E-state index contributed by atoms with van der Waals surface area (Å²) >= 11 is 6.41. The maximum Gasteiger partial charge on any atom is 0.573 e. The number of methoxy groups -OCH3 is 2. The van der Waals surface area contributed by atoms with Crippen molar-refractivity contribution in [1.29, 1.82) is 0 Å². The zero-order chi connectivity index (χ0) is 35.8. The summed E-state index contributed by atoms with van der Waals surface area (Å²) in [6.45, 7) is 0. The second-order valence-electron chi connectivity index (χ2n) is 11.0. The molecule has 3 aromatic rings. The van der Waals surface area contributed by atoms with Gasteiger partial charge in [-0.1, -0.05) is 29.8 Å². The second kappa shape index (κ2) is 13.5. The third kappa shape index (κ3) is 6.73. The fourth-order valence-corrected chi connectivity index (χ4v) is 7.03. The van der Waals surface area contributed by atoms with E-state index >= 15 is 4.79 Å². The van der Waals surface area contributed by atoms with E-state index in [-0.39, 0.29) is 33.3 Å². The number of anilines is 1. The predicted molar refractivity (Wildman–Crippen MR) is 169 cm³/mol. The van der Waals surface area contributed by atoms with E-state index in [1.807, 2.05) is 0 Å². The Morgan fingerprint density at radius 3 is 2.19 bits per heavy atom. The molecule has 0 fully saturated rings. The second-order valence-corrected chi connectivity index (χ2v) is 13.2. The summed E-state index contributed by atoms with van der Waals surface area (Å²) < 4.78 is 84.4. The van der Waals surface area contributed by atoms with Gasteiger partial charge in [0.1, 0.15) is 16.4 Å². The Bertz CT molecular complexity index is 1860. The number of fused-ring (bicyclic) bond motifs is 1. The summed E-state index contributed by atoms with van der Waals surface area (Å²) in [6.07, 6.45) is -5.79. The number of alkyl halides is 3. The van der Waals surface area contributed by atoms with Crippen LogP contribution in [0.25, 0.3) is 0 Å². The van der Waals surface area contributed by atoms with Crippen LogP contribution in [0.2, 0.25) is 5.02 Å². The molecule has 1 heterocycles. The fourth-order valence-electron chi connectivity index (χ4n) is 5.29. The van der Waals surface area contributed by atoms with Crippen molar-refractivity contribution >= 4 is 45.0 Å². The number of likely N-dealkylation sites (N-methyl/N-ethyl adjacent to an activating group) is 1. The zero-order valence-corrected chi connectivity index (χ0v) is 28.2. The van der Waals surface area contributed by atoms with Gasteiger partial charge in [0.05, 0.1) is 32.4 Å². The van der Waals surface area contributed by atoms with Gasteiger partial charge >= 0.3 is 6.36 Å². The third-order valence-electron chi connectivity index (χ3n) is 7.50. The van der Waals surface area contributed by atoms with Gasteiger partial charge in [0.15, 0.2) is 11.3 Å². The van der Waals surface area contributed by atoms with Crippen molar-refractivity contribution in [3.05, 3.63) is 76.8 Å². The Labute approximate surface area is 279 Å². The maximum absolute atomic E-state index is 15.0. The number of rotatable bonds is 11. The van der Waals surface area contributed by atoms with E-state index in [4.69, 9.17) is 21.1 Å². The first-order valence-corrected chi connectivity index (χ1v) is 15.9. The minimum Gasteiger partial charge on any atom is -0.497 e. The highest BCUT2D eigenvalue weighted by atomic mass is 35.5. The first-order chi connectivity index (χ1) is 22.4. The topological polar surface area (TPSA) is 135 Å². The average molecular weight is 713 g/mol. The number of para-hydroxylation sites is 1. The highest BCUT2D eigenvalue weighted by Gasteiger charge is 2.59. The zero-order valence-electron chi connectivity index (χ0n) is 26.6. The van der Waals surface area contributed by atoms with E-state index in [1.54, 1.807) is 6.07 Å². The van der Waals surface area contributed by atoms with Gasteiger partial charge in [-0.15, -0.1) is 13.2 Å². The van der Waals surface area contributed by atoms with Crippen LogP contribution >= 0.6 is 11.6 Å². The van der Waals surface area contributed by atoms with Crippen LogP contribution in [0.5, 0.6) is 17.2 Å². The lowest BCUT2D eigenvalue weighted by Crippen LogP contribution is -2.60. The van der Waals surface area contributed by atoms with Gasteiger partial charge in [-0.25, -0.2) is 12.7 Å². The number of halogens is 4. The Morgan fingerprint density at radius 1 is 0.938 bits per heavy atom. The quantitative estimate of drug-likeness (QED) is 0.316. The largest absolute Gasteiger partial charge is 0.573 e. The van der Waals surface area contributed by atoms with Crippen molar-refractivity contribution < 1.29 is 50.2 Å². The molecule has 0 saturated heterocycles. The van der Waals surface area contributed by atoms with Crippen molar-refractivity contribution in [2.45, 2.75) is 29.3 Å². The van der Waals surface area contributed by atoms with Crippen LogP contribution in [-0.4, -0.2) is 90.8 Å². The molecule has 0 aliphatic carbocycles. The average Bonchev–Trinajstić information content (AvgIpc) is 3.26. The number of nitrogens with one attached hydrogen (secondary N) is 1. The Kier molecular flexibility index (Phi) is 10.2. The Morgan fingerprint density at radius 2 is 1.60 bits per heavy atom. The number of ether oxygens (including phenoxy) is 3. The SMILES string of the molecule is COc1ccc(S(=O)(=O)N2C(=O)C(N[C@@H](CC(=O)N(C)C)C(=O)N(C)C)(c3ccccc3OC)c3cc(Cl)ccc32)c(OC(F)(F)F)c1. The van der Waals surface area contributed by atoms with E-state index in [0.29, 0.717) is 10.4 Å². The highest BCUT2D eigenvalue weighted by molar-refractivity contribution is 7.93. The van der Waals surface area contributed by atoms with Crippen LogP contribution in [0, 0.1) is 0 Å². The number of hydrogen-bond acceptors (Lipinski definition) is 9. The normalized spacial score (nSPS) is 16.6. The summed E-state index contributed by atoms with van der Waals surface area (Å²) in [4.78, 5) is 43.0. The number of hydrogen-bond donors (Lipinski definition) is 1. The van der Waals surface area contributed by atoms with Crippen LogP contribution in [0.15, 0.2) is 65.6 Å². The molecular weight excluding hydrogens is 681 g/mol. The minimum atomic E-state index is -5.32. The minimum absolute atomic E-state index is 0.0223. The van der Waals surface area contributed by atoms with Crippen LogP contribution in [0.4, 0.5) is 18.9 Å². The summed E-state index contributed by atoms with van der Waals surface area (Å²) in [5.41, 5.74) is -2.67. The standard InChI is InChI=1S/C31H32ClF3N4O8S/c1-37(2)27(40)17-22(28(41)38(3)4)36-30(20-9-7-8-10-24(20)46-6)21-15-18(32)11-13-23(21)39(29(30)42)48(43,44)26-14-12-19(45-5)16-25(26)47-31(33,34)35/h7-16,22,36H,17H2,1-6H3/t22-,30?/m0/s1. The maximum atomic E-state index is 15.0. The summed E-state index contributed by atoms with van der Waals surface area (Å²) in [5.74, 6) is -3.66. The monoisotopic (exact) mass is 712 g/mol. The Balaban J connectivity index is 2.08. The molecule has 12 nitrogen and oxygen atoms in total. The molecular formula is C31H32ClF3N4O8S. The van der Waals surface area contributed by atoms with E-state index in [2.05, 4.69) is 10.1 Å². The number of carbonyl (C=O) groups is 3. The molecule has 1 aliphatic heterocycles. The van der Waals surface area contributed by atoms with Crippen LogP contribution < -0.4 is 23.8 Å². The molecule has 1 aliphatic rings. The molecule has 258 valence electrons. The summed E-state index contributed by atoms with van der Waals surface area (Å²) in [6, 6.07) is 11.0. The molecule has 0 saturated carbocycles. The molecule has 1 unspecified atom stereocenters. The molecule has 0 radical (unpaired) electrons. The van der Waals surface area contributed by atoms with Gasteiger partial charge in [-0.3, -0.25) is 19.7 Å². The number of carbonyl (C=O) groups excluding carboxylic acids is 3. The highest BCUT2D eigenvalue weighted by Crippen LogP contribution is 2.51. The molecule has 3 amide bonds. The molecule has 0 spiro atoms. The number of amides is 3. The van der Waals surface area contributed by atoms with Gasteiger partial charge in [-0.2, -0.15) is 0 Å². The van der Waals surface area contributed by atoms with E-state index in [0.717, 1.165) is 19.2 Å². The summed E-state index contributed by atoms with van der Waals surface area (Å²) in [7, 11) is 3.01. The van der Waals surface area contributed by atoms with Crippen molar-refractivity contribution in [1.82, 2.24) is 15.1 Å². The van der Waals surface area contributed by atoms with Gasteiger partial charge in [0, 0.05) is 50.4 Å². The van der Waals surface area contributed by atoms with E-state index in [9.17, 15) is 31.2 Å². The third-order valence-corrected chi connectivity index (χ3v) is 9.47. The van der Waals surface area contributed by atoms with Crippen molar-refractivity contribution in [2.75, 3.05) is 46.7 Å². The molecule has 4 rings (SSSR count). The fraction of sp³-hybridized carbons (Fsp3) is 0.323. The van der Waals surface area contributed by atoms with Crippen LogP contribution in [-0.2, 0) is 29.9 Å². The molecule has 2 atom stereocenters. The first-order valence-electron chi connectivity index (χ1n) is 14.0. The lowest BCUT2D eigenvalue weighted by molar-refractivity contribution is -0.275. The van der Waals surface area contributed by atoms with Crippen LogP contribution in [0.1, 0.15) is 17.5 Å². The van der Waals surface area contributed by atoms with Gasteiger partial charge < -0.3 is 24.0 Å². The van der Waals surface area contributed by atoms with Gasteiger partial charge in [-0.05, 0) is 36.4 Å². The molecule has 48 heavy (non-hydrogen) atoms. The molecule has 0 aromatic heterocycles. The Hall–Kier alpha value is -4.54. The van der Waals surface area contributed by atoms with E-state index in [1.165, 1.54) is 81.5 Å². The van der Waals surface area contributed by atoms with E-state index < -0.39 is 62.8 Å². The van der Waals surface area contributed by atoms with Crippen LogP contribution in [0.3, 0.4) is 0 Å². The van der Waals surface area contributed by atoms with Gasteiger partial charge in [0.2, 0.25) is 11.8 Å². The predicted octanol–water partition coefficient (Wildman–Crippen LogP) is 3.76. The smallest absolute Gasteiger partial charge is 0.497 e. The molecule has 3 aromatic carbocycles. The number of nitrogens with zero attached hydrogens (tertiary/aromatic N) is 3. The molecule has 1 N–H and O–H groups in total. The lowest BCUT2D eigenvalue weighted by Gasteiger charge is -2.36. The molecule has 0 bridgehead atoms. The first kappa shape index (κ1) is 36.3. The number of benzene rings is 3.